The molecule has 0 bridgehead atoms. The Morgan fingerprint density at radius 3 is 2.75 bits per heavy atom. The molecule has 0 saturated heterocycles. The summed E-state index contributed by atoms with van der Waals surface area (Å²) in [5.41, 5.74) is 0. The summed E-state index contributed by atoms with van der Waals surface area (Å²) in [5.74, 6) is 0.803. The van der Waals surface area contributed by atoms with Crippen molar-refractivity contribution in [3.8, 4) is 0 Å². The van der Waals surface area contributed by atoms with Crippen molar-refractivity contribution in [2.75, 3.05) is 19.0 Å². The maximum absolute atomic E-state index is 5.08. The van der Waals surface area contributed by atoms with Crippen LogP contribution in [-0.4, -0.2) is 19.0 Å². The monoisotopic (exact) mass is 132 g/mol. The zero-order chi connectivity index (χ0) is 6.24. The van der Waals surface area contributed by atoms with Crippen LogP contribution in [0.25, 0.3) is 0 Å². The van der Waals surface area contributed by atoms with Gasteiger partial charge in [0.1, 0.15) is 0 Å². The van der Waals surface area contributed by atoms with Gasteiger partial charge < -0.3 is 4.74 Å². The Morgan fingerprint density at radius 2 is 2.25 bits per heavy atom. The van der Waals surface area contributed by atoms with Crippen LogP contribution in [0.1, 0.15) is 6.42 Å². The third-order valence-electron chi connectivity index (χ3n) is 0.702. The maximum atomic E-state index is 5.08. The molecule has 0 aliphatic heterocycles. The van der Waals surface area contributed by atoms with Crippen LogP contribution in [0.2, 0.25) is 0 Å². The molecule has 48 valence electrons. The minimum absolute atomic E-state index is 0.747. The van der Waals surface area contributed by atoms with E-state index in [1.165, 1.54) is 0 Å². The molecule has 0 N–H and O–H groups in total. The van der Waals surface area contributed by atoms with E-state index in [1.54, 1.807) is 0 Å². The second-order valence-corrected chi connectivity index (χ2v) is 1.86. The first-order valence-corrected chi connectivity index (χ1v) is 3.34. The molecular weight excluding hydrogens is 120 g/mol. The summed E-state index contributed by atoms with van der Waals surface area (Å²) in [6.45, 7) is 5.09. The number of hydrogen-bond donors (Lipinski definition) is 1. The van der Waals surface area contributed by atoms with Crippen molar-refractivity contribution in [1.29, 1.82) is 0 Å². The summed E-state index contributed by atoms with van der Waals surface area (Å²) in [6.07, 6.45) is 2.78. The van der Waals surface area contributed by atoms with Crippen LogP contribution in [0.5, 0.6) is 0 Å². The molecule has 0 aromatic heterocycles. The van der Waals surface area contributed by atoms with Crippen LogP contribution in [0.15, 0.2) is 12.7 Å². The van der Waals surface area contributed by atoms with Gasteiger partial charge in [-0.2, -0.15) is 12.6 Å². The first-order valence-electron chi connectivity index (χ1n) is 2.71. The van der Waals surface area contributed by atoms with Gasteiger partial charge in [-0.15, -0.1) is 6.58 Å². The molecule has 0 amide bonds. The normalized spacial score (nSPS) is 9.12. The molecule has 0 atom stereocenters. The summed E-state index contributed by atoms with van der Waals surface area (Å²) in [4.78, 5) is 0. The lowest BCUT2D eigenvalue weighted by molar-refractivity contribution is 0.155. The van der Waals surface area contributed by atoms with Crippen LogP contribution in [0.4, 0.5) is 0 Å². The van der Waals surface area contributed by atoms with Crippen LogP contribution in [-0.2, 0) is 4.74 Å². The molecule has 0 aliphatic rings. The van der Waals surface area contributed by atoms with Gasteiger partial charge in [0.2, 0.25) is 0 Å². The van der Waals surface area contributed by atoms with Gasteiger partial charge in [0, 0.05) is 5.75 Å². The minimum atomic E-state index is 0.747. The van der Waals surface area contributed by atoms with Crippen LogP contribution in [0, 0.1) is 0 Å². The summed E-state index contributed by atoms with van der Waals surface area (Å²) in [5, 5.41) is 0. The van der Waals surface area contributed by atoms with E-state index in [1.807, 2.05) is 6.08 Å². The molecule has 1 nitrogen and oxygen atoms in total. The van der Waals surface area contributed by atoms with Crippen LogP contribution < -0.4 is 0 Å². The fourth-order valence-corrected chi connectivity index (χ4v) is 0.462. The smallest absolute Gasteiger partial charge is 0.0554 e. The first-order chi connectivity index (χ1) is 3.91. The van der Waals surface area contributed by atoms with Crippen molar-refractivity contribution in [3.05, 3.63) is 12.7 Å². The first kappa shape index (κ1) is 8.05. The second kappa shape index (κ2) is 7.05. The summed E-state index contributed by atoms with van der Waals surface area (Å²) < 4.78 is 5.08. The van der Waals surface area contributed by atoms with Gasteiger partial charge in [0.25, 0.3) is 0 Å². The Morgan fingerprint density at radius 1 is 1.50 bits per heavy atom. The molecule has 0 rings (SSSR count). The summed E-state index contributed by atoms with van der Waals surface area (Å²) in [7, 11) is 0. The lowest BCUT2D eigenvalue weighted by Crippen LogP contribution is -1.95. The van der Waals surface area contributed by atoms with Crippen LogP contribution >= 0.6 is 12.6 Å². The minimum Gasteiger partial charge on any atom is -0.380 e. The summed E-state index contributed by atoms with van der Waals surface area (Å²) in [6, 6.07) is 0. The van der Waals surface area contributed by atoms with Crippen molar-refractivity contribution in [2.45, 2.75) is 6.42 Å². The van der Waals surface area contributed by atoms with E-state index in [-0.39, 0.29) is 0 Å². The molecule has 0 aromatic rings. The Labute approximate surface area is 56.1 Å². The van der Waals surface area contributed by atoms with Gasteiger partial charge >= 0.3 is 0 Å². The second-order valence-electron chi connectivity index (χ2n) is 1.41. The molecule has 0 fully saturated rings. The highest BCUT2D eigenvalue weighted by molar-refractivity contribution is 7.80. The molecular formula is C6H12OS. The average molecular weight is 132 g/mol. The van der Waals surface area contributed by atoms with E-state index in [0.717, 1.165) is 25.4 Å². The van der Waals surface area contributed by atoms with E-state index < -0.39 is 0 Å². The van der Waals surface area contributed by atoms with Crippen molar-refractivity contribution >= 4 is 12.6 Å². The fraction of sp³-hybridized carbons (Fsp3) is 0.667. The third-order valence-corrected chi connectivity index (χ3v) is 0.885. The van der Waals surface area contributed by atoms with E-state index in [9.17, 15) is 0 Å². The van der Waals surface area contributed by atoms with Crippen molar-refractivity contribution in [2.24, 2.45) is 0 Å². The van der Waals surface area contributed by atoms with Crippen LogP contribution in [0.3, 0.4) is 0 Å². The molecule has 8 heavy (non-hydrogen) atoms. The molecule has 0 aliphatic carbocycles. The van der Waals surface area contributed by atoms with Gasteiger partial charge in [0.05, 0.1) is 13.2 Å². The standard InChI is InChI=1S/C6H12OS/c1-2-3-4-7-5-6-8/h2,8H,1,3-6H2. The Kier molecular flexibility index (Phi) is 7.09. The largest absolute Gasteiger partial charge is 0.380 e. The number of rotatable bonds is 5. The van der Waals surface area contributed by atoms with E-state index in [4.69, 9.17) is 4.74 Å². The topological polar surface area (TPSA) is 9.23 Å². The zero-order valence-electron chi connectivity index (χ0n) is 4.97. The van der Waals surface area contributed by atoms with E-state index >= 15 is 0 Å². The Bertz CT molecular complexity index is 54.5. The van der Waals surface area contributed by atoms with Crippen molar-refractivity contribution < 1.29 is 4.74 Å². The lowest BCUT2D eigenvalue weighted by Gasteiger charge is -1.95. The molecule has 0 aromatic carbocycles. The highest BCUT2D eigenvalue weighted by atomic mass is 32.1. The summed E-state index contributed by atoms with van der Waals surface area (Å²) >= 11 is 3.97. The van der Waals surface area contributed by atoms with Gasteiger partial charge in [-0.1, -0.05) is 6.08 Å². The SMILES string of the molecule is C=CCCOCCS. The highest BCUT2D eigenvalue weighted by Crippen LogP contribution is 1.83. The predicted molar refractivity (Wildman–Crippen MR) is 39.5 cm³/mol. The Hall–Kier alpha value is 0.0500. The van der Waals surface area contributed by atoms with E-state index in [2.05, 4.69) is 19.2 Å². The maximum Gasteiger partial charge on any atom is 0.0554 e. The lowest BCUT2D eigenvalue weighted by atomic mass is 10.5. The van der Waals surface area contributed by atoms with Crippen molar-refractivity contribution in [1.82, 2.24) is 0 Å². The quantitative estimate of drug-likeness (QED) is 0.339. The van der Waals surface area contributed by atoms with E-state index in [0.29, 0.717) is 0 Å². The molecule has 0 spiro atoms. The third kappa shape index (κ3) is 6.05. The highest BCUT2D eigenvalue weighted by Gasteiger charge is 1.79. The zero-order valence-corrected chi connectivity index (χ0v) is 5.86. The number of hydrogen-bond acceptors (Lipinski definition) is 2. The Balaban J connectivity index is 2.62. The number of thiol groups is 1. The van der Waals surface area contributed by atoms with Gasteiger partial charge in [0.15, 0.2) is 0 Å². The molecule has 0 heterocycles. The predicted octanol–water partition coefficient (Wildman–Crippen LogP) is 1.51. The molecule has 0 unspecified atom stereocenters. The fourth-order valence-electron chi connectivity index (χ4n) is 0.333. The average Bonchev–Trinajstić information content (AvgIpc) is 1.81. The molecule has 2 heteroatoms. The van der Waals surface area contributed by atoms with Gasteiger partial charge in [-0.25, -0.2) is 0 Å². The number of ether oxygens (including phenoxy) is 1. The van der Waals surface area contributed by atoms with Gasteiger partial charge in [-0.05, 0) is 6.42 Å². The van der Waals surface area contributed by atoms with Gasteiger partial charge in [-0.3, -0.25) is 0 Å². The molecule has 0 radical (unpaired) electrons. The molecule has 0 saturated carbocycles. The van der Waals surface area contributed by atoms with Crippen molar-refractivity contribution in [3.63, 3.8) is 0 Å².